The van der Waals surface area contributed by atoms with Gasteiger partial charge in [-0.1, -0.05) is 12.1 Å². The van der Waals surface area contributed by atoms with Crippen LogP contribution in [0.25, 0.3) is 0 Å². The first-order valence-electron chi connectivity index (χ1n) is 3.01. The zero-order valence-corrected chi connectivity index (χ0v) is 5.81. The smallest absolute Gasteiger partial charge is 0.259 e. The van der Waals surface area contributed by atoms with Gasteiger partial charge in [0.1, 0.15) is 5.69 Å². The molecule has 11 heavy (non-hydrogen) atoms. The van der Waals surface area contributed by atoms with Gasteiger partial charge in [-0.3, -0.25) is 4.98 Å². The molecular weight excluding hydrogens is 154 g/mol. The average Bonchev–Trinajstić information content (AvgIpc) is 1.86. The van der Waals surface area contributed by atoms with Crippen molar-refractivity contribution in [3.63, 3.8) is 0 Å². The highest BCUT2D eigenvalue weighted by Gasteiger charge is 2.31. The van der Waals surface area contributed by atoms with Gasteiger partial charge in [0, 0.05) is 0 Å². The molecule has 0 aromatic carbocycles. The fraction of sp³-hybridized carbons (Fsp3) is 0.167. The summed E-state index contributed by atoms with van der Waals surface area (Å²) in [6.07, 6.45) is -4.33. The molecule has 0 fully saturated rings. The minimum absolute atomic E-state index is 0.375. The monoisotopic (exact) mass is 159 g/mol. The van der Waals surface area contributed by atoms with E-state index in [9.17, 15) is 13.2 Å². The van der Waals surface area contributed by atoms with Crippen LogP contribution in [0.3, 0.4) is 0 Å². The summed E-state index contributed by atoms with van der Waals surface area (Å²) in [5, 5.41) is 0. The lowest BCUT2D eigenvalue weighted by molar-refractivity contribution is -0.141. The Hall–Kier alpha value is -0.995. The second-order valence-corrected chi connectivity index (χ2v) is 2.16. The molecule has 0 aliphatic carbocycles. The Morgan fingerprint density at radius 1 is 1.27 bits per heavy atom. The zero-order valence-electron chi connectivity index (χ0n) is 5.81. The van der Waals surface area contributed by atoms with Crippen LogP contribution in [0.1, 0.15) is 5.69 Å². The molecule has 1 aromatic rings. The van der Waals surface area contributed by atoms with Gasteiger partial charge in [0.15, 0.2) is 7.85 Å². The Balaban J connectivity index is 3.06. The van der Waals surface area contributed by atoms with Crippen LogP contribution in [-0.2, 0) is 6.18 Å². The number of pyridine rings is 1. The van der Waals surface area contributed by atoms with Crippen LogP contribution in [-0.4, -0.2) is 12.8 Å². The first kappa shape index (κ1) is 8.10. The van der Waals surface area contributed by atoms with Crippen molar-refractivity contribution in [1.82, 2.24) is 4.98 Å². The summed E-state index contributed by atoms with van der Waals surface area (Å²) in [5.41, 5.74) is -0.461. The quantitative estimate of drug-likeness (QED) is 0.498. The molecule has 1 aromatic heterocycles. The van der Waals surface area contributed by atoms with Crippen molar-refractivity contribution in [3.8, 4) is 0 Å². The van der Waals surface area contributed by atoms with Gasteiger partial charge < -0.3 is 0 Å². The van der Waals surface area contributed by atoms with E-state index in [-0.39, 0.29) is 0 Å². The lowest BCUT2D eigenvalue weighted by Crippen LogP contribution is -2.16. The molecule has 0 saturated heterocycles. The van der Waals surface area contributed by atoms with E-state index < -0.39 is 11.9 Å². The fourth-order valence-corrected chi connectivity index (χ4v) is 0.701. The van der Waals surface area contributed by atoms with Gasteiger partial charge in [0.05, 0.1) is 0 Å². The van der Waals surface area contributed by atoms with E-state index in [4.69, 9.17) is 0 Å². The van der Waals surface area contributed by atoms with Crippen LogP contribution in [0.2, 0.25) is 0 Å². The summed E-state index contributed by atoms with van der Waals surface area (Å²) in [7, 11) is 1.52. The van der Waals surface area contributed by atoms with Gasteiger partial charge in [-0.15, -0.1) is 0 Å². The van der Waals surface area contributed by atoms with E-state index in [0.29, 0.717) is 5.59 Å². The number of aromatic nitrogens is 1. The topological polar surface area (TPSA) is 12.9 Å². The van der Waals surface area contributed by atoms with Gasteiger partial charge in [-0.05, 0) is 11.7 Å². The second-order valence-electron chi connectivity index (χ2n) is 2.16. The van der Waals surface area contributed by atoms with Crippen molar-refractivity contribution in [2.75, 3.05) is 0 Å². The van der Waals surface area contributed by atoms with Crippen molar-refractivity contribution < 1.29 is 13.2 Å². The zero-order chi connectivity index (χ0) is 8.48. The molecule has 0 aliphatic heterocycles. The maximum absolute atomic E-state index is 11.9. The molecule has 0 atom stereocenters. The van der Waals surface area contributed by atoms with E-state index >= 15 is 0 Å². The van der Waals surface area contributed by atoms with Crippen molar-refractivity contribution >= 4 is 13.4 Å². The summed E-state index contributed by atoms with van der Waals surface area (Å²) in [4.78, 5) is 3.32. The van der Waals surface area contributed by atoms with E-state index in [0.717, 1.165) is 6.07 Å². The van der Waals surface area contributed by atoms with Gasteiger partial charge in [0.25, 0.3) is 0 Å². The molecule has 0 N–H and O–H groups in total. The first-order chi connectivity index (χ1) is 5.00. The molecule has 0 amide bonds. The molecule has 0 spiro atoms. The molecule has 1 nitrogen and oxygen atoms in total. The van der Waals surface area contributed by atoms with Crippen LogP contribution < -0.4 is 5.59 Å². The summed E-state index contributed by atoms with van der Waals surface area (Å²) in [6, 6.07) is 3.81. The van der Waals surface area contributed by atoms with Gasteiger partial charge in [0.2, 0.25) is 0 Å². The summed E-state index contributed by atoms with van der Waals surface area (Å²) < 4.78 is 35.7. The third-order valence-corrected chi connectivity index (χ3v) is 1.18. The Morgan fingerprint density at radius 3 is 2.27 bits per heavy atom. The normalized spacial score (nSPS) is 11.5. The van der Waals surface area contributed by atoms with Crippen LogP contribution in [0.5, 0.6) is 0 Å². The molecule has 0 unspecified atom stereocenters. The molecule has 5 heteroatoms. The maximum Gasteiger partial charge on any atom is 0.433 e. The largest absolute Gasteiger partial charge is 0.433 e. The Morgan fingerprint density at radius 2 is 1.91 bits per heavy atom. The Kier molecular flexibility index (Phi) is 1.89. The van der Waals surface area contributed by atoms with Crippen molar-refractivity contribution in [2.45, 2.75) is 6.18 Å². The fourth-order valence-electron chi connectivity index (χ4n) is 0.701. The van der Waals surface area contributed by atoms with Crippen molar-refractivity contribution in [1.29, 1.82) is 0 Å². The molecule has 58 valence electrons. The molecule has 0 aliphatic rings. The van der Waals surface area contributed by atoms with E-state index in [1.54, 1.807) is 0 Å². The number of nitrogens with zero attached hydrogens (tertiary/aromatic N) is 1. The van der Waals surface area contributed by atoms with E-state index in [1.807, 2.05) is 0 Å². The Labute approximate surface area is 62.7 Å². The third-order valence-electron chi connectivity index (χ3n) is 1.18. The third kappa shape index (κ3) is 1.96. The molecule has 0 bridgehead atoms. The number of alkyl halides is 3. The Bertz CT molecular complexity index is 258. The van der Waals surface area contributed by atoms with E-state index in [2.05, 4.69) is 4.98 Å². The molecule has 0 radical (unpaired) electrons. The van der Waals surface area contributed by atoms with Gasteiger partial charge in [-0.25, -0.2) is 0 Å². The standard InChI is InChI=1S/C6H5BF3N/c7-5-3-1-2-4(11-5)6(8,9)10/h1-3H,7H2. The summed E-state index contributed by atoms with van der Waals surface area (Å²) in [6.45, 7) is 0. The summed E-state index contributed by atoms with van der Waals surface area (Å²) >= 11 is 0. The van der Waals surface area contributed by atoms with Crippen molar-refractivity contribution in [3.05, 3.63) is 23.9 Å². The predicted octanol–water partition coefficient (Wildman–Crippen LogP) is 0.359. The number of hydrogen-bond acceptors (Lipinski definition) is 1. The number of hydrogen-bond donors (Lipinski definition) is 0. The molecule has 0 saturated carbocycles. The number of halogens is 3. The highest BCUT2D eigenvalue weighted by Crippen LogP contribution is 2.26. The van der Waals surface area contributed by atoms with Crippen LogP contribution in [0.15, 0.2) is 18.2 Å². The second kappa shape index (κ2) is 2.56. The SMILES string of the molecule is Bc1cccc(C(F)(F)F)n1. The highest BCUT2D eigenvalue weighted by molar-refractivity contribution is 6.30. The minimum Gasteiger partial charge on any atom is -0.259 e. The minimum atomic E-state index is -4.33. The van der Waals surface area contributed by atoms with Crippen LogP contribution in [0, 0.1) is 0 Å². The lowest BCUT2D eigenvalue weighted by Gasteiger charge is -2.04. The number of rotatable bonds is 0. The predicted molar refractivity (Wildman–Crippen MR) is 37.4 cm³/mol. The van der Waals surface area contributed by atoms with Gasteiger partial charge >= 0.3 is 6.18 Å². The van der Waals surface area contributed by atoms with Crippen molar-refractivity contribution in [2.24, 2.45) is 0 Å². The lowest BCUT2D eigenvalue weighted by atomic mass is 10.0. The molecule has 1 rings (SSSR count). The van der Waals surface area contributed by atoms with E-state index in [1.165, 1.54) is 20.0 Å². The van der Waals surface area contributed by atoms with Crippen LogP contribution >= 0.6 is 0 Å². The van der Waals surface area contributed by atoms with Crippen LogP contribution in [0.4, 0.5) is 13.2 Å². The highest BCUT2D eigenvalue weighted by atomic mass is 19.4. The first-order valence-corrected chi connectivity index (χ1v) is 3.01. The van der Waals surface area contributed by atoms with Gasteiger partial charge in [-0.2, -0.15) is 13.2 Å². The maximum atomic E-state index is 11.9. The molecular formula is C6H5BF3N. The molecule has 1 heterocycles. The average molecular weight is 159 g/mol. The summed E-state index contributed by atoms with van der Waals surface area (Å²) in [5.74, 6) is 0.